The van der Waals surface area contributed by atoms with Crippen LogP contribution in [0.5, 0.6) is 0 Å². The second-order valence-corrected chi connectivity index (χ2v) is 5.24. The molecule has 3 nitrogen and oxygen atoms in total. The third-order valence-corrected chi connectivity index (χ3v) is 3.98. The molecule has 110 valence electrons. The lowest BCUT2D eigenvalue weighted by molar-refractivity contribution is 0.323. The van der Waals surface area contributed by atoms with Gasteiger partial charge in [-0.25, -0.2) is 0 Å². The molecule has 0 aliphatic rings. The SMILES string of the molecule is CCCNC(c1cc(CC)nn1CC)C(CC)CC. The first-order chi connectivity index (χ1) is 9.21. The van der Waals surface area contributed by atoms with E-state index < -0.39 is 0 Å². The summed E-state index contributed by atoms with van der Waals surface area (Å²) in [5.74, 6) is 0.693. The van der Waals surface area contributed by atoms with Crippen LogP contribution < -0.4 is 5.32 Å². The maximum atomic E-state index is 4.70. The summed E-state index contributed by atoms with van der Waals surface area (Å²) in [7, 11) is 0. The van der Waals surface area contributed by atoms with Crippen LogP contribution in [0, 0.1) is 5.92 Å². The van der Waals surface area contributed by atoms with E-state index in [9.17, 15) is 0 Å². The second-order valence-electron chi connectivity index (χ2n) is 5.24. The van der Waals surface area contributed by atoms with E-state index >= 15 is 0 Å². The Kier molecular flexibility index (Phi) is 7.14. The van der Waals surface area contributed by atoms with Gasteiger partial charge in [0, 0.05) is 6.54 Å². The zero-order valence-electron chi connectivity index (χ0n) is 13.4. The van der Waals surface area contributed by atoms with Crippen LogP contribution in [0.1, 0.15) is 71.3 Å². The van der Waals surface area contributed by atoms with Crippen LogP contribution in [0.3, 0.4) is 0 Å². The Bertz CT molecular complexity index is 353. The molecule has 1 atom stereocenters. The van der Waals surface area contributed by atoms with Crippen molar-refractivity contribution in [3.05, 3.63) is 17.5 Å². The highest BCUT2D eigenvalue weighted by Crippen LogP contribution is 2.28. The molecule has 0 aromatic carbocycles. The number of hydrogen-bond donors (Lipinski definition) is 1. The van der Waals surface area contributed by atoms with Crippen molar-refractivity contribution >= 4 is 0 Å². The highest BCUT2D eigenvalue weighted by molar-refractivity contribution is 5.15. The first-order valence-electron chi connectivity index (χ1n) is 8.01. The molecule has 19 heavy (non-hydrogen) atoms. The Morgan fingerprint density at radius 2 is 1.84 bits per heavy atom. The average molecular weight is 265 g/mol. The van der Waals surface area contributed by atoms with Gasteiger partial charge in [-0.1, -0.05) is 40.5 Å². The molecule has 0 spiro atoms. The van der Waals surface area contributed by atoms with Crippen molar-refractivity contribution in [2.45, 2.75) is 72.9 Å². The molecule has 0 aliphatic heterocycles. The largest absolute Gasteiger partial charge is 0.308 e. The smallest absolute Gasteiger partial charge is 0.0625 e. The van der Waals surface area contributed by atoms with Crippen molar-refractivity contribution in [3.8, 4) is 0 Å². The molecule has 1 aromatic rings. The number of aryl methyl sites for hydroxylation is 2. The zero-order valence-corrected chi connectivity index (χ0v) is 13.4. The summed E-state index contributed by atoms with van der Waals surface area (Å²) in [4.78, 5) is 0. The van der Waals surface area contributed by atoms with Crippen molar-refractivity contribution in [1.29, 1.82) is 0 Å². The van der Waals surface area contributed by atoms with Crippen LogP contribution in [0.25, 0.3) is 0 Å². The fourth-order valence-electron chi connectivity index (χ4n) is 2.74. The van der Waals surface area contributed by atoms with Crippen LogP contribution in [0.15, 0.2) is 6.07 Å². The number of nitrogens with one attached hydrogen (secondary N) is 1. The third-order valence-electron chi connectivity index (χ3n) is 3.98. The standard InChI is InChI=1S/C16H31N3/c1-6-11-17-16(13(7-2)8-3)15-12-14(9-4)18-19(15)10-5/h12-13,16-17H,6-11H2,1-5H3. The molecule has 0 saturated carbocycles. The van der Waals surface area contributed by atoms with Crippen molar-refractivity contribution in [3.63, 3.8) is 0 Å². The summed E-state index contributed by atoms with van der Waals surface area (Å²) >= 11 is 0. The van der Waals surface area contributed by atoms with Crippen LogP contribution in [0.2, 0.25) is 0 Å². The van der Waals surface area contributed by atoms with Gasteiger partial charge in [0.25, 0.3) is 0 Å². The van der Waals surface area contributed by atoms with Gasteiger partial charge in [-0.15, -0.1) is 0 Å². The van der Waals surface area contributed by atoms with Gasteiger partial charge < -0.3 is 5.32 Å². The van der Waals surface area contributed by atoms with E-state index in [0.29, 0.717) is 12.0 Å². The molecule has 1 N–H and O–H groups in total. The van der Waals surface area contributed by atoms with E-state index in [-0.39, 0.29) is 0 Å². The minimum Gasteiger partial charge on any atom is -0.308 e. The van der Waals surface area contributed by atoms with Gasteiger partial charge in [0.05, 0.1) is 17.4 Å². The lowest BCUT2D eigenvalue weighted by Gasteiger charge is -2.27. The van der Waals surface area contributed by atoms with Gasteiger partial charge in [0.1, 0.15) is 0 Å². The van der Waals surface area contributed by atoms with Crippen molar-refractivity contribution in [2.24, 2.45) is 5.92 Å². The summed E-state index contributed by atoms with van der Waals surface area (Å²) in [6, 6.07) is 2.75. The first kappa shape index (κ1) is 16.2. The van der Waals surface area contributed by atoms with Crippen molar-refractivity contribution in [2.75, 3.05) is 6.54 Å². The lowest BCUT2D eigenvalue weighted by Crippen LogP contribution is -2.30. The summed E-state index contributed by atoms with van der Waals surface area (Å²) in [5, 5.41) is 8.44. The monoisotopic (exact) mass is 265 g/mol. The van der Waals surface area contributed by atoms with E-state index in [4.69, 9.17) is 5.10 Å². The number of nitrogens with zero attached hydrogens (tertiary/aromatic N) is 2. The fraction of sp³-hybridized carbons (Fsp3) is 0.812. The molecule has 1 heterocycles. The normalized spacial score (nSPS) is 13.2. The maximum Gasteiger partial charge on any atom is 0.0625 e. The number of rotatable bonds is 9. The predicted octanol–water partition coefficient (Wildman–Crippen LogP) is 3.94. The highest BCUT2D eigenvalue weighted by Gasteiger charge is 2.23. The van der Waals surface area contributed by atoms with Gasteiger partial charge in [0.15, 0.2) is 0 Å². The molecule has 0 saturated heterocycles. The molecule has 1 unspecified atom stereocenters. The maximum absolute atomic E-state index is 4.70. The fourth-order valence-corrected chi connectivity index (χ4v) is 2.74. The number of hydrogen-bond acceptors (Lipinski definition) is 2. The van der Waals surface area contributed by atoms with E-state index in [1.54, 1.807) is 0 Å². The lowest BCUT2D eigenvalue weighted by atomic mass is 9.91. The van der Waals surface area contributed by atoms with Gasteiger partial charge in [-0.2, -0.15) is 5.10 Å². The topological polar surface area (TPSA) is 29.9 Å². The summed E-state index contributed by atoms with van der Waals surface area (Å²) in [5.41, 5.74) is 2.59. The molecule has 0 bridgehead atoms. The molecule has 0 fully saturated rings. The van der Waals surface area contributed by atoms with E-state index in [1.807, 2.05) is 0 Å². The Hall–Kier alpha value is -0.830. The molecule has 0 amide bonds. The van der Waals surface area contributed by atoms with Crippen molar-refractivity contribution < 1.29 is 0 Å². The van der Waals surface area contributed by atoms with Crippen molar-refractivity contribution in [1.82, 2.24) is 15.1 Å². The minimum absolute atomic E-state index is 0.447. The average Bonchev–Trinajstić information content (AvgIpc) is 2.86. The Morgan fingerprint density at radius 1 is 1.16 bits per heavy atom. The van der Waals surface area contributed by atoms with E-state index in [1.165, 1.54) is 30.7 Å². The Morgan fingerprint density at radius 3 is 2.32 bits per heavy atom. The van der Waals surface area contributed by atoms with Gasteiger partial charge in [-0.05, 0) is 38.3 Å². The Balaban J connectivity index is 3.03. The quantitative estimate of drug-likeness (QED) is 0.733. The van der Waals surface area contributed by atoms with E-state index in [0.717, 1.165) is 19.5 Å². The molecule has 1 aromatic heterocycles. The first-order valence-corrected chi connectivity index (χ1v) is 8.01. The molecular weight excluding hydrogens is 234 g/mol. The summed E-state index contributed by atoms with van der Waals surface area (Å²) in [6.45, 7) is 13.2. The molecule has 0 aliphatic carbocycles. The van der Waals surface area contributed by atoms with Crippen LogP contribution >= 0.6 is 0 Å². The Labute approximate surface area is 118 Å². The molecule has 0 radical (unpaired) electrons. The van der Waals surface area contributed by atoms with Crippen LogP contribution in [0.4, 0.5) is 0 Å². The third kappa shape index (κ3) is 4.07. The molecule has 3 heteroatoms. The van der Waals surface area contributed by atoms with Crippen LogP contribution in [-0.4, -0.2) is 16.3 Å². The second kappa shape index (κ2) is 8.36. The highest BCUT2D eigenvalue weighted by atomic mass is 15.3. The van der Waals surface area contributed by atoms with Gasteiger partial charge in [-0.3, -0.25) is 4.68 Å². The zero-order chi connectivity index (χ0) is 14.3. The van der Waals surface area contributed by atoms with Crippen LogP contribution in [-0.2, 0) is 13.0 Å². The summed E-state index contributed by atoms with van der Waals surface area (Å²) in [6.07, 6.45) is 4.63. The molecular formula is C16H31N3. The predicted molar refractivity (Wildman–Crippen MR) is 82.4 cm³/mol. The van der Waals surface area contributed by atoms with Gasteiger partial charge >= 0.3 is 0 Å². The van der Waals surface area contributed by atoms with Gasteiger partial charge in [0.2, 0.25) is 0 Å². The molecule has 1 rings (SSSR count). The number of aromatic nitrogens is 2. The van der Waals surface area contributed by atoms with E-state index in [2.05, 4.69) is 50.7 Å². The minimum atomic E-state index is 0.447. The summed E-state index contributed by atoms with van der Waals surface area (Å²) < 4.78 is 2.18.